The maximum absolute atomic E-state index is 12.3. The van der Waals surface area contributed by atoms with E-state index in [1.807, 2.05) is 37.3 Å². The van der Waals surface area contributed by atoms with Gasteiger partial charge < -0.3 is 15.2 Å². The summed E-state index contributed by atoms with van der Waals surface area (Å²) in [6, 6.07) is 16.0. The van der Waals surface area contributed by atoms with Crippen molar-refractivity contribution >= 4 is 11.9 Å². The number of rotatable bonds is 9. The number of aliphatic carboxylic acids is 1. The zero-order chi connectivity index (χ0) is 18.1. The first-order chi connectivity index (χ1) is 12.1. The Balaban J connectivity index is 2.04. The highest BCUT2D eigenvalue weighted by Crippen LogP contribution is 2.21. The van der Waals surface area contributed by atoms with Crippen LogP contribution in [0.4, 0.5) is 0 Å². The fourth-order valence-electron chi connectivity index (χ4n) is 2.47. The molecule has 0 bridgehead atoms. The molecule has 2 aromatic carbocycles. The molecule has 0 saturated carbocycles. The van der Waals surface area contributed by atoms with Crippen molar-refractivity contribution < 1.29 is 19.4 Å². The van der Waals surface area contributed by atoms with Crippen LogP contribution in [0.25, 0.3) is 0 Å². The van der Waals surface area contributed by atoms with Gasteiger partial charge in [-0.3, -0.25) is 9.59 Å². The van der Waals surface area contributed by atoms with E-state index in [0.717, 1.165) is 23.3 Å². The van der Waals surface area contributed by atoms with Gasteiger partial charge in [0.15, 0.2) is 0 Å². The first kappa shape index (κ1) is 18.5. The molecule has 2 N–H and O–H groups in total. The van der Waals surface area contributed by atoms with Crippen LogP contribution in [-0.4, -0.2) is 23.6 Å². The standard InChI is InChI=1S/C20H23NO4/c1-2-12-25-17-10-8-16(9-11-17)18(14-20(23)24)21-19(22)13-15-6-4-3-5-7-15/h3-11,18H,2,12-14H2,1H3,(H,21,22)(H,23,24)/t18-/m1/s1. The molecule has 0 saturated heterocycles. The van der Waals surface area contributed by atoms with Gasteiger partial charge in [-0.2, -0.15) is 0 Å². The normalized spacial score (nSPS) is 11.6. The Bertz CT molecular complexity index is 683. The Morgan fingerprint density at radius 3 is 2.36 bits per heavy atom. The van der Waals surface area contributed by atoms with E-state index in [2.05, 4.69) is 5.32 Å². The lowest BCUT2D eigenvalue weighted by atomic mass is 10.0. The van der Waals surface area contributed by atoms with Crippen molar-refractivity contribution in [2.75, 3.05) is 6.61 Å². The smallest absolute Gasteiger partial charge is 0.305 e. The summed E-state index contributed by atoms with van der Waals surface area (Å²) < 4.78 is 5.53. The molecule has 0 heterocycles. The fourth-order valence-corrected chi connectivity index (χ4v) is 2.47. The summed E-state index contributed by atoms with van der Waals surface area (Å²) in [6.07, 6.45) is 0.962. The number of hydrogen-bond donors (Lipinski definition) is 2. The largest absolute Gasteiger partial charge is 0.494 e. The van der Waals surface area contributed by atoms with Crippen molar-refractivity contribution in [1.29, 1.82) is 0 Å². The molecule has 0 fully saturated rings. The molecule has 0 aliphatic heterocycles. The second-order valence-corrected chi connectivity index (χ2v) is 5.80. The van der Waals surface area contributed by atoms with Crippen molar-refractivity contribution in [3.05, 3.63) is 65.7 Å². The molecule has 0 unspecified atom stereocenters. The number of hydrogen-bond acceptors (Lipinski definition) is 3. The second kappa shape index (κ2) is 9.47. The van der Waals surface area contributed by atoms with Gasteiger partial charge in [0.1, 0.15) is 5.75 Å². The summed E-state index contributed by atoms with van der Waals surface area (Å²) in [4.78, 5) is 23.4. The maximum atomic E-state index is 12.3. The summed E-state index contributed by atoms with van der Waals surface area (Å²) in [7, 11) is 0. The predicted molar refractivity (Wildman–Crippen MR) is 95.5 cm³/mol. The lowest BCUT2D eigenvalue weighted by molar-refractivity contribution is -0.137. The molecule has 25 heavy (non-hydrogen) atoms. The Morgan fingerprint density at radius 1 is 1.08 bits per heavy atom. The SMILES string of the molecule is CCCOc1ccc([C@@H](CC(=O)O)NC(=O)Cc2ccccc2)cc1. The minimum Gasteiger partial charge on any atom is -0.494 e. The topological polar surface area (TPSA) is 75.6 Å². The Hall–Kier alpha value is -2.82. The third-order valence-electron chi connectivity index (χ3n) is 3.68. The van der Waals surface area contributed by atoms with Gasteiger partial charge in [-0.05, 0) is 29.7 Å². The first-order valence-electron chi connectivity index (χ1n) is 8.36. The molecule has 1 amide bonds. The van der Waals surface area contributed by atoms with Gasteiger partial charge in [-0.25, -0.2) is 0 Å². The minimum absolute atomic E-state index is 0.171. The average Bonchev–Trinajstić information content (AvgIpc) is 2.60. The number of ether oxygens (including phenoxy) is 1. The third kappa shape index (κ3) is 6.30. The molecule has 2 rings (SSSR count). The number of nitrogens with one attached hydrogen (secondary N) is 1. The van der Waals surface area contributed by atoms with Crippen molar-refractivity contribution in [2.24, 2.45) is 0 Å². The van der Waals surface area contributed by atoms with Crippen LogP contribution in [-0.2, 0) is 16.0 Å². The molecule has 0 aliphatic rings. The first-order valence-corrected chi connectivity index (χ1v) is 8.36. The summed E-state index contributed by atoms with van der Waals surface area (Å²) in [5, 5.41) is 12.0. The van der Waals surface area contributed by atoms with E-state index in [1.54, 1.807) is 24.3 Å². The number of amides is 1. The van der Waals surface area contributed by atoms with Gasteiger partial charge >= 0.3 is 5.97 Å². The molecule has 5 nitrogen and oxygen atoms in total. The number of benzene rings is 2. The minimum atomic E-state index is -0.962. The quantitative estimate of drug-likeness (QED) is 0.733. The van der Waals surface area contributed by atoms with E-state index >= 15 is 0 Å². The number of carboxylic acids is 1. The van der Waals surface area contributed by atoms with Gasteiger partial charge in [0.2, 0.25) is 5.91 Å². The molecular weight excluding hydrogens is 318 g/mol. The predicted octanol–water partition coefficient (Wildman–Crippen LogP) is 3.35. The van der Waals surface area contributed by atoms with Crippen molar-refractivity contribution in [2.45, 2.75) is 32.2 Å². The number of carboxylic acid groups (broad SMARTS) is 1. The van der Waals surface area contributed by atoms with Crippen molar-refractivity contribution in [1.82, 2.24) is 5.32 Å². The zero-order valence-electron chi connectivity index (χ0n) is 14.3. The third-order valence-corrected chi connectivity index (χ3v) is 3.68. The average molecular weight is 341 g/mol. The zero-order valence-corrected chi connectivity index (χ0v) is 14.3. The highest BCUT2D eigenvalue weighted by molar-refractivity contribution is 5.80. The Labute approximate surface area is 147 Å². The molecule has 0 aromatic heterocycles. The van der Waals surface area contributed by atoms with Crippen molar-refractivity contribution in [3.63, 3.8) is 0 Å². The van der Waals surface area contributed by atoms with E-state index < -0.39 is 12.0 Å². The van der Waals surface area contributed by atoms with Gasteiger partial charge in [0.25, 0.3) is 0 Å². The van der Waals surface area contributed by atoms with Crippen LogP contribution < -0.4 is 10.1 Å². The van der Waals surface area contributed by atoms with Crippen molar-refractivity contribution in [3.8, 4) is 5.75 Å². The molecule has 0 radical (unpaired) electrons. The molecule has 1 atom stereocenters. The molecular formula is C20H23NO4. The highest BCUT2D eigenvalue weighted by atomic mass is 16.5. The molecule has 0 spiro atoms. The van der Waals surface area contributed by atoms with Gasteiger partial charge in [0.05, 0.1) is 25.5 Å². The van der Waals surface area contributed by atoms with Crippen LogP contribution in [0, 0.1) is 0 Å². The summed E-state index contributed by atoms with van der Waals surface area (Å²) in [5.41, 5.74) is 1.63. The molecule has 132 valence electrons. The van der Waals surface area contributed by atoms with Crippen LogP contribution in [0.3, 0.4) is 0 Å². The monoisotopic (exact) mass is 341 g/mol. The number of carbonyl (C=O) groups is 2. The molecule has 5 heteroatoms. The number of carbonyl (C=O) groups excluding carboxylic acids is 1. The van der Waals surface area contributed by atoms with E-state index in [0.29, 0.717) is 6.61 Å². The van der Waals surface area contributed by atoms with Crippen LogP contribution in [0.2, 0.25) is 0 Å². The Kier molecular flexibility index (Phi) is 7.01. The Morgan fingerprint density at radius 2 is 1.76 bits per heavy atom. The van der Waals surface area contributed by atoms with Gasteiger partial charge in [-0.1, -0.05) is 49.4 Å². The highest BCUT2D eigenvalue weighted by Gasteiger charge is 2.18. The van der Waals surface area contributed by atoms with Crippen LogP contribution >= 0.6 is 0 Å². The lowest BCUT2D eigenvalue weighted by Crippen LogP contribution is -2.31. The van der Waals surface area contributed by atoms with Crippen LogP contribution in [0.5, 0.6) is 5.75 Å². The second-order valence-electron chi connectivity index (χ2n) is 5.80. The summed E-state index contributed by atoms with van der Waals surface area (Å²) in [5.74, 6) is -0.435. The van der Waals surface area contributed by atoms with E-state index in [-0.39, 0.29) is 18.7 Å². The van der Waals surface area contributed by atoms with Crippen LogP contribution in [0.15, 0.2) is 54.6 Å². The van der Waals surface area contributed by atoms with E-state index in [4.69, 9.17) is 9.84 Å². The van der Waals surface area contributed by atoms with E-state index in [1.165, 1.54) is 0 Å². The summed E-state index contributed by atoms with van der Waals surface area (Å²) in [6.45, 7) is 2.66. The summed E-state index contributed by atoms with van der Waals surface area (Å²) >= 11 is 0. The molecule has 2 aromatic rings. The van der Waals surface area contributed by atoms with Gasteiger partial charge in [0, 0.05) is 0 Å². The fraction of sp³-hybridized carbons (Fsp3) is 0.300. The van der Waals surface area contributed by atoms with Gasteiger partial charge in [-0.15, -0.1) is 0 Å². The maximum Gasteiger partial charge on any atom is 0.305 e. The van der Waals surface area contributed by atoms with E-state index in [9.17, 15) is 9.59 Å². The lowest BCUT2D eigenvalue weighted by Gasteiger charge is -2.18. The molecule has 0 aliphatic carbocycles. The van der Waals surface area contributed by atoms with Crippen LogP contribution in [0.1, 0.15) is 36.9 Å².